The summed E-state index contributed by atoms with van der Waals surface area (Å²) >= 11 is 6.95. The van der Waals surface area contributed by atoms with Gasteiger partial charge < -0.3 is 16.2 Å². The number of benzene rings is 1. The average molecular weight is 388 g/mol. The SMILES string of the molecule is COc1cc(Cc2cnc(N)nc2N)c(Br)cc1Br. The van der Waals surface area contributed by atoms with Crippen LogP contribution in [0.3, 0.4) is 0 Å². The van der Waals surface area contributed by atoms with E-state index in [-0.39, 0.29) is 5.95 Å². The van der Waals surface area contributed by atoms with E-state index in [9.17, 15) is 0 Å². The van der Waals surface area contributed by atoms with E-state index in [1.807, 2.05) is 12.1 Å². The Morgan fingerprint density at radius 3 is 2.53 bits per heavy atom. The molecule has 0 bridgehead atoms. The third-order valence-corrected chi connectivity index (χ3v) is 3.98. The normalized spacial score (nSPS) is 10.5. The van der Waals surface area contributed by atoms with Gasteiger partial charge in [-0.1, -0.05) is 15.9 Å². The van der Waals surface area contributed by atoms with Gasteiger partial charge in [0.25, 0.3) is 0 Å². The summed E-state index contributed by atoms with van der Waals surface area (Å²) in [6, 6.07) is 3.87. The fourth-order valence-corrected chi connectivity index (χ4v) is 2.93. The van der Waals surface area contributed by atoms with Gasteiger partial charge in [0.15, 0.2) is 0 Å². The van der Waals surface area contributed by atoms with Crippen LogP contribution in [0.4, 0.5) is 11.8 Å². The van der Waals surface area contributed by atoms with Gasteiger partial charge in [0.05, 0.1) is 11.6 Å². The summed E-state index contributed by atoms with van der Waals surface area (Å²) in [5.74, 6) is 1.32. The largest absolute Gasteiger partial charge is 0.496 e. The minimum Gasteiger partial charge on any atom is -0.496 e. The van der Waals surface area contributed by atoms with E-state index in [0.717, 1.165) is 25.8 Å². The molecule has 100 valence electrons. The Labute approximate surface area is 127 Å². The molecule has 7 heteroatoms. The molecule has 0 aliphatic heterocycles. The summed E-state index contributed by atoms with van der Waals surface area (Å²) in [7, 11) is 1.62. The summed E-state index contributed by atoms with van der Waals surface area (Å²) in [6.07, 6.45) is 2.23. The lowest BCUT2D eigenvalue weighted by Gasteiger charge is -2.10. The van der Waals surface area contributed by atoms with Crippen molar-refractivity contribution in [2.45, 2.75) is 6.42 Å². The molecule has 0 aliphatic carbocycles. The lowest BCUT2D eigenvalue weighted by atomic mass is 10.1. The molecule has 0 saturated carbocycles. The molecular formula is C12H12Br2N4O. The molecule has 0 unspecified atom stereocenters. The van der Waals surface area contributed by atoms with Crippen molar-refractivity contribution in [1.82, 2.24) is 9.97 Å². The van der Waals surface area contributed by atoms with E-state index in [4.69, 9.17) is 16.2 Å². The minimum atomic E-state index is 0.175. The number of methoxy groups -OCH3 is 1. The van der Waals surface area contributed by atoms with Crippen molar-refractivity contribution in [3.05, 3.63) is 38.4 Å². The van der Waals surface area contributed by atoms with Crippen LogP contribution in [0.5, 0.6) is 5.75 Å². The van der Waals surface area contributed by atoms with Gasteiger partial charge in [0.1, 0.15) is 11.6 Å². The fourth-order valence-electron chi connectivity index (χ4n) is 1.64. The van der Waals surface area contributed by atoms with Crippen molar-refractivity contribution in [2.24, 2.45) is 0 Å². The summed E-state index contributed by atoms with van der Waals surface area (Å²) in [5.41, 5.74) is 13.2. The van der Waals surface area contributed by atoms with Crippen molar-refractivity contribution in [3.63, 3.8) is 0 Å². The highest BCUT2D eigenvalue weighted by molar-refractivity contribution is 9.11. The standard InChI is InChI=1S/C12H12Br2N4O/c1-19-10-3-6(8(13)4-9(10)14)2-7-5-17-12(16)18-11(7)15/h3-5H,2H2,1H3,(H4,15,16,17,18). The second-order valence-corrected chi connectivity index (χ2v) is 5.60. The molecule has 0 fully saturated rings. The van der Waals surface area contributed by atoms with Crippen LogP contribution in [0.1, 0.15) is 11.1 Å². The predicted octanol–water partition coefficient (Wildman–Crippen LogP) is 2.77. The number of hydrogen-bond acceptors (Lipinski definition) is 5. The third kappa shape index (κ3) is 3.16. The van der Waals surface area contributed by atoms with Crippen LogP contribution in [0.25, 0.3) is 0 Å². The second kappa shape index (κ2) is 5.75. The molecule has 4 N–H and O–H groups in total. The number of nitrogen functional groups attached to an aromatic ring is 2. The predicted molar refractivity (Wildman–Crippen MR) is 82.1 cm³/mol. The van der Waals surface area contributed by atoms with Crippen LogP contribution in [0.15, 0.2) is 27.3 Å². The monoisotopic (exact) mass is 386 g/mol. The van der Waals surface area contributed by atoms with Crippen LogP contribution >= 0.6 is 31.9 Å². The first-order valence-electron chi connectivity index (χ1n) is 5.40. The van der Waals surface area contributed by atoms with E-state index < -0.39 is 0 Å². The number of nitrogens with two attached hydrogens (primary N) is 2. The van der Waals surface area contributed by atoms with Gasteiger partial charge in [-0.25, -0.2) is 4.98 Å². The van der Waals surface area contributed by atoms with E-state index in [1.165, 1.54) is 0 Å². The number of hydrogen-bond donors (Lipinski definition) is 2. The van der Waals surface area contributed by atoms with Crippen molar-refractivity contribution in [2.75, 3.05) is 18.6 Å². The molecule has 1 heterocycles. The molecule has 0 aliphatic rings. The topological polar surface area (TPSA) is 87.0 Å². The number of aromatic nitrogens is 2. The molecule has 2 rings (SSSR count). The van der Waals surface area contributed by atoms with Gasteiger partial charge in [-0.05, 0) is 33.6 Å². The van der Waals surface area contributed by atoms with Crippen LogP contribution < -0.4 is 16.2 Å². The smallest absolute Gasteiger partial charge is 0.221 e. The Hall–Kier alpha value is -1.34. The maximum absolute atomic E-state index is 5.83. The summed E-state index contributed by atoms with van der Waals surface area (Å²) in [4.78, 5) is 7.90. The molecule has 5 nitrogen and oxygen atoms in total. The van der Waals surface area contributed by atoms with Gasteiger partial charge in [0.2, 0.25) is 5.95 Å². The average Bonchev–Trinajstić information content (AvgIpc) is 2.35. The van der Waals surface area contributed by atoms with Gasteiger partial charge in [-0.15, -0.1) is 0 Å². The molecule has 0 atom stereocenters. The molecule has 0 radical (unpaired) electrons. The minimum absolute atomic E-state index is 0.175. The maximum Gasteiger partial charge on any atom is 0.221 e. The Morgan fingerprint density at radius 2 is 1.89 bits per heavy atom. The molecule has 0 amide bonds. The number of rotatable bonds is 3. The second-order valence-electron chi connectivity index (χ2n) is 3.89. The van der Waals surface area contributed by atoms with E-state index >= 15 is 0 Å². The molecule has 1 aromatic carbocycles. The molecule has 1 aromatic heterocycles. The highest BCUT2D eigenvalue weighted by atomic mass is 79.9. The highest BCUT2D eigenvalue weighted by Gasteiger charge is 2.10. The highest BCUT2D eigenvalue weighted by Crippen LogP contribution is 2.33. The summed E-state index contributed by atoms with van der Waals surface area (Å²) in [5, 5.41) is 0. The van der Waals surface area contributed by atoms with Crippen LogP contribution in [0.2, 0.25) is 0 Å². The molecule has 0 saturated heterocycles. The Balaban J connectivity index is 2.37. The Bertz CT molecular complexity index is 619. The first-order chi connectivity index (χ1) is 9.01. The lowest BCUT2D eigenvalue weighted by Crippen LogP contribution is -2.04. The molecule has 2 aromatic rings. The summed E-state index contributed by atoms with van der Waals surface area (Å²) < 4.78 is 7.11. The Kier molecular flexibility index (Phi) is 4.26. The van der Waals surface area contributed by atoms with Crippen molar-refractivity contribution < 1.29 is 4.74 Å². The first-order valence-corrected chi connectivity index (χ1v) is 6.98. The van der Waals surface area contributed by atoms with Crippen molar-refractivity contribution in [1.29, 1.82) is 0 Å². The van der Waals surface area contributed by atoms with E-state index in [0.29, 0.717) is 12.2 Å². The van der Waals surface area contributed by atoms with Gasteiger partial charge in [-0.2, -0.15) is 4.98 Å². The van der Waals surface area contributed by atoms with Crippen LogP contribution in [-0.2, 0) is 6.42 Å². The number of anilines is 2. The van der Waals surface area contributed by atoms with Crippen LogP contribution in [0, 0.1) is 0 Å². The Morgan fingerprint density at radius 1 is 1.16 bits per heavy atom. The number of nitrogens with zero attached hydrogens (tertiary/aromatic N) is 2. The van der Waals surface area contributed by atoms with E-state index in [1.54, 1.807) is 13.3 Å². The summed E-state index contributed by atoms with van der Waals surface area (Å²) in [6.45, 7) is 0. The van der Waals surface area contributed by atoms with Gasteiger partial charge in [0, 0.05) is 22.7 Å². The quantitative estimate of drug-likeness (QED) is 0.845. The molecular weight excluding hydrogens is 376 g/mol. The maximum atomic E-state index is 5.83. The zero-order valence-corrected chi connectivity index (χ0v) is 13.3. The zero-order chi connectivity index (χ0) is 14.0. The van der Waals surface area contributed by atoms with Gasteiger partial charge >= 0.3 is 0 Å². The first kappa shape index (κ1) is 14.1. The lowest BCUT2D eigenvalue weighted by molar-refractivity contribution is 0.411. The van der Waals surface area contributed by atoms with Crippen molar-refractivity contribution >= 4 is 43.6 Å². The third-order valence-electron chi connectivity index (χ3n) is 2.62. The van der Waals surface area contributed by atoms with Crippen LogP contribution in [-0.4, -0.2) is 17.1 Å². The van der Waals surface area contributed by atoms with Crippen molar-refractivity contribution in [3.8, 4) is 5.75 Å². The number of ether oxygens (including phenoxy) is 1. The van der Waals surface area contributed by atoms with E-state index in [2.05, 4.69) is 41.8 Å². The zero-order valence-electron chi connectivity index (χ0n) is 10.2. The van der Waals surface area contributed by atoms with Gasteiger partial charge in [-0.3, -0.25) is 0 Å². The molecule has 0 spiro atoms. The number of halogens is 2. The fraction of sp³-hybridized carbons (Fsp3) is 0.167. The molecule has 19 heavy (non-hydrogen) atoms.